The van der Waals surface area contributed by atoms with Crippen LogP contribution in [0.4, 0.5) is 0 Å². The van der Waals surface area contributed by atoms with Crippen molar-refractivity contribution in [2.75, 3.05) is 6.54 Å². The summed E-state index contributed by atoms with van der Waals surface area (Å²) in [6.45, 7) is 2.15. The van der Waals surface area contributed by atoms with Gasteiger partial charge in [0.15, 0.2) is 0 Å². The molecule has 1 aliphatic carbocycles. The minimum atomic E-state index is -1.07. The highest BCUT2D eigenvalue weighted by atomic mass is 16.4. The zero-order valence-electron chi connectivity index (χ0n) is 10.2. The van der Waals surface area contributed by atoms with E-state index in [1.807, 2.05) is 0 Å². The van der Waals surface area contributed by atoms with Crippen molar-refractivity contribution in [3.05, 3.63) is 0 Å². The van der Waals surface area contributed by atoms with Crippen molar-refractivity contribution >= 4 is 11.9 Å². The summed E-state index contributed by atoms with van der Waals surface area (Å²) in [4.78, 5) is 25.2. The minimum absolute atomic E-state index is 0.173. The molecule has 0 aromatic rings. The summed E-state index contributed by atoms with van der Waals surface area (Å²) in [5.41, 5.74) is 4.14. The summed E-state index contributed by atoms with van der Waals surface area (Å²) < 4.78 is 0. The number of carbonyl (C=O) groups is 2. The molecule has 1 saturated carbocycles. The molecule has 96 valence electrons. The first kappa shape index (κ1) is 12.4. The molecule has 1 aliphatic heterocycles. The van der Waals surface area contributed by atoms with E-state index in [9.17, 15) is 14.7 Å². The maximum Gasteiger partial charge on any atom is 0.329 e. The van der Waals surface area contributed by atoms with Gasteiger partial charge in [-0.25, -0.2) is 4.79 Å². The number of likely N-dealkylation sites (tertiary alicyclic amines) is 1. The van der Waals surface area contributed by atoms with Crippen LogP contribution in [0, 0.1) is 0 Å². The first-order valence-corrected chi connectivity index (χ1v) is 6.24. The van der Waals surface area contributed by atoms with Gasteiger partial charge in [0.1, 0.15) is 5.54 Å². The van der Waals surface area contributed by atoms with E-state index >= 15 is 0 Å². The van der Waals surface area contributed by atoms with Gasteiger partial charge >= 0.3 is 5.97 Å². The maximum absolute atomic E-state index is 12.4. The molecule has 2 rings (SSSR count). The highest BCUT2D eigenvalue weighted by molar-refractivity contribution is 5.92. The van der Waals surface area contributed by atoms with Crippen molar-refractivity contribution in [1.82, 2.24) is 4.90 Å². The molecule has 1 saturated heterocycles. The van der Waals surface area contributed by atoms with Crippen molar-refractivity contribution in [3.63, 3.8) is 0 Å². The fourth-order valence-corrected chi connectivity index (χ4v) is 2.71. The average molecular weight is 240 g/mol. The van der Waals surface area contributed by atoms with E-state index in [2.05, 4.69) is 0 Å². The Bertz CT molecular complexity index is 352. The van der Waals surface area contributed by atoms with Crippen LogP contribution < -0.4 is 5.73 Å². The second-order valence-electron chi connectivity index (χ2n) is 5.50. The SMILES string of the molecule is CC1(C(=O)O)CCCCN1C(=O)C1(N)CCC1. The Morgan fingerprint density at radius 3 is 2.29 bits per heavy atom. The second kappa shape index (κ2) is 3.98. The van der Waals surface area contributed by atoms with Crippen LogP contribution in [0.25, 0.3) is 0 Å². The first-order valence-electron chi connectivity index (χ1n) is 6.24. The fraction of sp³-hybridized carbons (Fsp3) is 0.833. The Balaban J connectivity index is 2.22. The molecule has 0 bridgehead atoms. The zero-order valence-corrected chi connectivity index (χ0v) is 10.2. The number of carboxylic acid groups (broad SMARTS) is 1. The summed E-state index contributed by atoms with van der Waals surface area (Å²) >= 11 is 0. The highest BCUT2D eigenvalue weighted by Gasteiger charge is 2.51. The van der Waals surface area contributed by atoms with Crippen LogP contribution in [-0.4, -0.2) is 39.5 Å². The predicted octanol–water partition coefficient (Wildman–Crippen LogP) is 0.724. The summed E-state index contributed by atoms with van der Waals surface area (Å²) in [7, 11) is 0. The smallest absolute Gasteiger partial charge is 0.329 e. The van der Waals surface area contributed by atoms with E-state index in [0.29, 0.717) is 25.8 Å². The molecular weight excluding hydrogens is 220 g/mol. The standard InChI is InChI=1S/C12H20N2O3/c1-11(10(16)17)5-2-3-8-14(11)9(15)12(13)6-4-7-12/h2-8,13H2,1H3,(H,16,17). The van der Waals surface area contributed by atoms with Gasteiger partial charge in [-0.1, -0.05) is 0 Å². The molecule has 0 aromatic carbocycles. The first-order chi connectivity index (χ1) is 7.90. The summed E-state index contributed by atoms with van der Waals surface area (Å²) in [6.07, 6.45) is 4.55. The third kappa shape index (κ3) is 1.82. The van der Waals surface area contributed by atoms with Crippen LogP contribution in [0.1, 0.15) is 45.4 Å². The zero-order chi connectivity index (χ0) is 12.7. The Morgan fingerprint density at radius 2 is 1.82 bits per heavy atom. The normalized spacial score (nSPS) is 31.8. The second-order valence-corrected chi connectivity index (χ2v) is 5.50. The molecule has 0 aromatic heterocycles. The van der Waals surface area contributed by atoms with Gasteiger partial charge in [-0.2, -0.15) is 0 Å². The van der Waals surface area contributed by atoms with Gasteiger partial charge in [-0.15, -0.1) is 0 Å². The molecule has 3 N–H and O–H groups in total. The third-order valence-corrected chi connectivity index (χ3v) is 4.27. The van der Waals surface area contributed by atoms with Crippen LogP contribution >= 0.6 is 0 Å². The lowest BCUT2D eigenvalue weighted by Gasteiger charge is -2.48. The lowest BCUT2D eigenvalue weighted by Crippen LogP contribution is -2.67. The van der Waals surface area contributed by atoms with Gasteiger partial charge in [0.25, 0.3) is 0 Å². The van der Waals surface area contributed by atoms with Gasteiger partial charge in [0.05, 0.1) is 5.54 Å². The quantitative estimate of drug-likeness (QED) is 0.745. The molecule has 1 atom stereocenters. The number of carbonyl (C=O) groups excluding carboxylic acids is 1. The molecule has 5 nitrogen and oxygen atoms in total. The average Bonchev–Trinajstić information content (AvgIpc) is 2.25. The number of nitrogens with two attached hydrogens (primary N) is 1. The number of amides is 1. The van der Waals surface area contributed by atoms with Crippen molar-refractivity contribution in [2.45, 2.75) is 56.5 Å². The van der Waals surface area contributed by atoms with E-state index in [1.165, 1.54) is 4.90 Å². The van der Waals surface area contributed by atoms with Gasteiger partial charge in [0.2, 0.25) is 5.91 Å². The molecular formula is C12H20N2O3. The third-order valence-electron chi connectivity index (χ3n) is 4.27. The number of piperidine rings is 1. The van der Waals surface area contributed by atoms with Crippen LogP contribution in [-0.2, 0) is 9.59 Å². The fourth-order valence-electron chi connectivity index (χ4n) is 2.71. The summed E-state index contributed by atoms with van der Waals surface area (Å²) in [6, 6.07) is 0. The molecule has 1 heterocycles. The summed E-state index contributed by atoms with van der Waals surface area (Å²) in [5, 5.41) is 9.34. The van der Waals surface area contributed by atoms with Crippen LogP contribution in [0.5, 0.6) is 0 Å². The van der Waals surface area contributed by atoms with E-state index in [1.54, 1.807) is 6.92 Å². The number of hydrogen-bond donors (Lipinski definition) is 2. The van der Waals surface area contributed by atoms with Crippen molar-refractivity contribution < 1.29 is 14.7 Å². The molecule has 1 unspecified atom stereocenters. The number of carboxylic acids is 1. The molecule has 2 aliphatic rings. The minimum Gasteiger partial charge on any atom is -0.480 e. The maximum atomic E-state index is 12.4. The van der Waals surface area contributed by atoms with E-state index in [-0.39, 0.29) is 5.91 Å². The van der Waals surface area contributed by atoms with E-state index in [0.717, 1.165) is 19.3 Å². The monoisotopic (exact) mass is 240 g/mol. The number of rotatable bonds is 2. The lowest BCUT2D eigenvalue weighted by atomic mass is 9.75. The topological polar surface area (TPSA) is 83.6 Å². The number of nitrogens with zero attached hydrogens (tertiary/aromatic N) is 1. The molecule has 0 spiro atoms. The Hall–Kier alpha value is -1.10. The van der Waals surface area contributed by atoms with Gasteiger partial charge in [-0.3, -0.25) is 4.79 Å². The predicted molar refractivity (Wildman–Crippen MR) is 62.4 cm³/mol. The number of aliphatic carboxylic acids is 1. The molecule has 2 fully saturated rings. The Morgan fingerprint density at radius 1 is 1.18 bits per heavy atom. The molecule has 17 heavy (non-hydrogen) atoms. The van der Waals surface area contributed by atoms with Crippen LogP contribution in [0.3, 0.4) is 0 Å². The van der Waals surface area contributed by atoms with Crippen LogP contribution in [0.2, 0.25) is 0 Å². The molecule has 5 heteroatoms. The van der Waals surface area contributed by atoms with E-state index in [4.69, 9.17) is 5.73 Å². The van der Waals surface area contributed by atoms with Crippen molar-refractivity contribution in [2.24, 2.45) is 5.73 Å². The van der Waals surface area contributed by atoms with Crippen LogP contribution in [0.15, 0.2) is 0 Å². The Kier molecular flexibility index (Phi) is 2.89. The number of hydrogen-bond acceptors (Lipinski definition) is 3. The molecule has 1 amide bonds. The van der Waals surface area contributed by atoms with Gasteiger partial charge in [0, 0.05) is 6.54 Å². The summed E-state index contributed by atoms with van der Waals surface area (Å²) in [5.74, 6) is -1.10. The van der Waals surface area contributed by atoms with Crippen molar-refractivity contribution in [1.29, 1.82) is 0 Å². The molecule has 0 radical (unpaired) electrons. The van der Waals surface area contributed by atoms with Gasteiger partial charge in [-0.05, 0) is 45.4 Å². The lowest BCUT2D eigenvalue weighted by molar-refractivity contribution is -0.165. The van der Waals surface area contributed by atoms with Crippen molar-refractivity contribution in [3.8, 4) is 0 Å². The largest absolute Gasteiger partial charge is 0.480 e. The van der Waals surface area contributed by atoms with Gasteiger partial charge < -0.3 is 15.7 Å². The Labute approximate surface area is 101 Å². The van der Waals surface area contributed by atoms with E-state index < -0.39 is 17.0 Å². The highest BCUT2D eigenvalue weighted by Crippen LogP contribution is 2.36.